The summed E-state index contributed by atoms with van der Waals surface area (Å²) in [6.07, 6.45) is 0. The van der Waals surface area contributed by atoms with E-state index in [4.69, 9.17) is 20.8 Å². The number of carbonyl (C=O) groups excluding carboxylic acids is 1. The molecule has 1 aromatic heterocycles. The van der Waals surface area contributed by atoms with E-state index in [1.807, 2.05) is 0 Å². The van der Waals surface area contributed by atoms with Gasteiger partial charge in [0, 0.05) is 23.2 Å². The summed E-state index contributed by atoms with van der Waals surface area (Å²) in [6, 6.07) is 14.0. The molecule has 0 saturated carbocycles. The minimum absolute atomic E-state index is 0.106. The van der Waals surface area contributed by atoms with Crippen molar-refractivity contribution >= 4 is 23.2 Å². The van der Waals surface area contributed by atoms with E-state index < -0.39 is 0 Å². The zero-order valence-corrected chi connectivity index (χ0v) is 13.6. The smallest absolute Gasteiger partial charge is 0.262 e. The highest BCUT2D eigenvalue weighted by atomic mass is 35.5. The summed E-state index contributed by atoms with van der Waals surface area (Å²) in [5, 5.41) is 11.0. The van der Waals surface area contributed by atoms with Crippen molar-refractivity contribution in [2.45, 2.75) is 6.92 Å². The Morgan fingerprint density at radius 2 is 2.00 bits per heavy atom. The van der Waals surface area contributed by atoms with Gasteiger partial charge in [0.1, 0.15) is 5.75 Å². The lowest BCUT2D eigenvalue weighted by molar-refractivity contribution is -0.118. The Balaban J connectivity index is 1.55. The van der Waals surface area contributed by atoms with Crippen LogP contribution in [-0.2, 0) is 4.79 Å². The van der Waals surface area contributed by atoms with Crippen LogP contribution >= 0.6 is 11.6 Å². The lowest BCUT2D eigenvalue weighted by atomic mass is 10.2. The van der Waals surface area contributed by atoms with E-state index >= 15 is 0 Å². The number of ether oxygens (including phenoxy) is 1. The monoisotopic (exact) mass is 343 g/mol. The Morgan fingerprint density at radius 1 is 1.21 bits per heavy atom. The maximum atomic E-state index is 11.9. The number of nitrogens with zero attached hydrogens (tertiary/aromatic N) is 2. The van der Waals surface area contributed by atoms with Gasteiger partial charge < -0.3 is 14.5 Å². The Hall–Kier alpha value is -2.86. The topological polar surface area (TPSA) is 77.2 Å². The molecule has 7 heteroatoms. The first-order valence-corrected chi connectivity index (χ1v) is 7.57. The van der Waals surface area contributed by atoms with Gasteiger partial charge >= 0.3 is 0 Å². The molecule has 0 atom stereocenters. The van der Waals surface area contributed by atoms with Gasteiger partial charge in [-0.3, -0.25) is 4.79 Å². The van der Waals surface area contributed by atoms with Crippen molar-refractivity contribution in [2.75, 3.05) is 11.9 Å². The van der Waals surface area contributed by atoms with Crippen LogP contribution in [0.1, 0.15) is 5.89 Å². The van der Waals surface area contributed by atoms with Crippen molar-refractivity contribution in [3.05, 3.63) is 59.4 Å². The van der Waals surface area contributed by atoms with E-state index in [1.54, 1.807) is 55.5 Å². The molecule has 0 spiro atoms. The summed E-state index contributed by atoms with van der Waals surface area (Å²) >= 11 is 5.87. The summed E-state index contributed by atoms with van der Waals surface area (Å²) in [7, 11) is 0. The summed E-state index contributed by atoms with van der Waals surface area (Å²) < 4.78 is 10.8. The van der Waals surface area contributed by atoms with Crippen molar-refractivity contribution in [1.82, 2.24) is 10.2 Å². The maximum Gasteiger partial charge on any atom is 0.262 e. The van der Waals surface area contributed by atoms with Crippen LogP contribution in [0.3, 0.4) is 0 Å². The molecule has 0 aliphatic rings. The number of benzene rings is 2. The summed E-state index contributed by atoms with van der Waals surface area (Å²) in [6.45, 7) is 1.62. The summed E-state index contributed by atoms with van der Waals surface area (Å²) in [5.74, 6) is 1.24. The Labute approximate surface area is 143 Å². The van der Waals surface area contributed by atoms with Crippen molar-refractivity contribution in [2.24, 2.45) is 0 Å². The van der Waals surface area contributed by atoms with Gasteiger partial charge in [-0.1, -0.05) is 17.7 Å². The van der Waals surface area contributed by atoms with E-state index in [1.165, 1.54) is 0 Å². The average molecular weight is 344 g/mol. The van der Waals surface area contributed by atoms with Crippen molar-refractivity contribution < 1.29 is 13.9 Å². The minimum Gasteiger partial charge on any atom is -0.484 e. The molecule has 3 aromatic rings. The molecule has 0 radical (unpaired) electrons. The lowest BCUT2D eigenvalue weighted by Gasteiger charge is -2.08. The third-order valence-corrected chi connectivity index (χ3v) is 3.34. The fourth-order valence-electron chi connectivity index (χ4n) is 2.02. The molecule has 1 N–H and O–H groups in total. The largest absolute Gasteiger partial charge is 0.484 e. The van der Waals surface area contributed by atoms with E-state index in [0.29, 0.717) is 28.2 Å². The number of nitrogens with one attached hydrogen (secondary N) is 1. The molecular formula is C17H14ClN3O3. The molecule has 0 unspecified atom stereocenters. The molecule has 122 valence electrons. The number of hydrogen-bond acceptors (Lipinski definition) is 5. The molecule has 0 aliphatic heterocycles. The first kappa shape index (κ1) is 16.0. The highest BCUT2D eigenvalue weighted by molar-refractivity contribution is 6.30. The second-order valence-electron chi connectivity index (χ2n) is 5.00. The molecule has 24 heavy (non-hydrogen) atoms. The maximum absolute atomic E-state index is 11.9. The number of aromatic nitrogens is 2. The molecule has 2 aromatic carbocycles. The lowest BCUT2D eigenvalue weighted by Crippen LogP contribution is -2.20. The van der Waals surface area contributed by atoms with Crippen LogP contribution in [0.5, 0.6) is 5.75 Å². The molecule has 0 aliphatic carbocycles. The van der Waals surface area contributed by atoms with Gasteiger partial charge in [0.25, 0.3) is 5.91 Å². The molecule has 6 nitrogen and oxygen atoms in total. The van der Waals surface area contributed by atoms with Gasteiger partial charge in [-0.15, -0.1) is 10.2 Å². The van der Waals surface area contributed by atoms with Gasteiger partial charge in [0.05, 0.1) is 0 Å². The normalized spacial score (nSPS) is 10.4. The van der Waals surface area contributed by atoms with Crippen LogP contribution in [0.25, 0.3) is 11.5 Å². The van der Waals surface area contributed by atoms with Gasteiger partial charge in [0.15, 0.2) is 6.61 Å². The number of rotatable bonds is 5. The van der Waals surface area contributed by atoms with Crippen LogP contribution in [0.4, 0.5) is 5.69 Å². The van der Waals surface area contributed by atoms with Crippen LogP contribution in [-0.4, -0.2) is 22.7 Å². The first-order chi connectivity index (χ1) is 11.6. The molecule has 0 fully saturated rings. The Kier molecular flexibility index (Phi) is 4.77. The quantitative estimate of drug-likeness (QED) is 0.764. The average Bonchev–Trinajstić information content (AvgIpc) is 3.00. The van der Waals surface area contributed by atoms with Crippen molar-refractivity contribution in [3.63, 3.8) is 0 Å². The highest BCUT2D eigenvalue weighted by Gasteiger charge is 2.07. The van der Waals surface area contributed by atoms with Crippen LogP contribution in [0, 0.1) is 6.92 Å². The zero-order chi connectivity index (χ0) is 16.9. The fraction of sp³-hybridized carbons (Fsp3) is 0.118. The third kappa shape index (κ3) is 4.11. The van der Waals surface area contributed by atoms with Crippen LogP contribution in [0.15, 0.2) is 52.9 Å². The number of carbonyl (C=O) groups is 1. The predicted octanol–water partition coefficient (Wildman–Crippen LogP) is 3.72. The Bertz CT molecular complexity index is 846. The number of anilines is 1. The van der Waals surface area contributed by atoms with E-state index in [-0.39, 0.29) is 12.5 Å². The summed E-state index contributed by atoms with van der Waals surface area (Å²) in [4.78, 5) is 11.9. The molecule has 1 amide bonds. The first-order valence-electron chi connectivity index (χ1n) is 7.19. The SMILES string of the molecule is Cc1nnc(-c2ccc(OCC(=O)Nc3cccc(Cl)c3)cc2)o1. The summed E-state index contributed by atoms with van der Waals surface area (Å²) in [5.41, 5.74) is 1.41. The Morgan fingerprint density at radius 3 is 2.67 bits per heavy atom. The fourth-order valence-corrected chi connectivity index (χ4v) is 2.21. The second kappa shape index (κ2) is 7.14. The molecule has 0 bridgehead atoms. The van der Waals surface area contributed by atoms with E-state index in [2.05, 4.69) is 15.5 Å². The van der Waals surface area contributed by atoms with Gasteiger partial charge in [0.2, 0.25) is 11.8 Å². The molecule has 1 heterocycles. The standard InChI is InChI=1S/C17H14ClN3O3/c1-11-20-21-17(24-11)12-5-7-15(8-6-12)23-10-16(22)19-14-4-2-3-13(18)9-14/h2-9H,10H2,1H3,(H,19,22). The predicted molar refractivity (Wildman–Crippen MR) is 90.0 cm³/mol. The zero-order valence-electron chi connectivity index (χ0n) is 12.8. The molecular weight excluding hydrogens is 330 g/mol. The third-order valence-electron chi connectivity index (χ3n) is 3.11. The molecule has 0 saturated heterocycles. The van der Waals surface area contributed by atoms with Crippen LogP contribution in [0.2, 0.25) is 5.02 Å². The van der Waals surface area contributed by atoms with E-state index in [0.717, 1.165) is 5.56 Å². The molecule has 3 rings (SSSR count). The van der Waals surface area contributed by atoms with Crippen molar-refractivity contribution in [1.29, 1.82) is 0 Å². The van der Waals surface area contributed by atoms with Gasteiger partial charge in [-0.2, -0.15) is 0 Å². The van der Waals surface area contributed by atoms with Crippen LogP contribution < -0.4 is 10.1 Å². The number of aryl methyl sites for hydroxylation is 1. The minimum atomic E-state index is -0.270. The number of hydrogen-bond donors (Lipinski definition) is 1. The number of halogens is 1. The second-order valence-corrected chi connectivity index (χ2v) is 5.43. The van der Waals surface area contributed by atoms with Gasteiger partial charge in [-0.05, 0) is 42.5 Å². The van der Waals surface area contributed by atoms with Gasteiger partial charge in [-0.25, -0.2) is 0 Å². The number of amides is 1. The van der Waals surface area contributed by atoms with Crippen molar-refractivity contribution in [3.8, 4) is 17.2 Å². The van der Waals surface area contributed by atoms with E-state index in [9.17, 15) is 4.79 Å². The highest BCUT2D eigenvalue weighted by Crippen LogP contribution is 2.21.